The lowest BCUT2D eigenvalue weighted by molar-refractivity contribution is -0.148. The highest BCUT2D eigenvalue weighted by molar-refractivity contribution is 5.83. The second-order valence-corrected chi connectivity index (χ2v) is 5.07. The van der Waals surface area contributed by atoms with Crippen LogP contribution in [0.3, 0.4) is 0 Å². The minimum atomic E-state index is -0.186. The van der Waals surface area contributed by atoms with Crippen molar-refractivity contribution in [1.29, 1.82) is 0 Å². The first-order chi connectivity index (χ1) is 7.61. The lowest BCUT2D eigenvalue weighted by Gasteiger charge is -2.44. The number of carbonyl (C=O) groups excluding carboxylic acids is 1. The number of nitrogens with one attached hydrogen (secondary N) is 2. The van der Waals surface area contributed by atoms with Gasteiger partial charge in [-0.05, 0) is 13.8 Å². The Kier molecular flexibility index (Phi) is 3.47. The van der Waals surface area contributed by atoms with Gasteiger partial charge in [-0.2, -0.15) is 0 Å². The zero-order valence-corrected chi connectivity index (χ0v) is 10.1. The molecule has 5 heteroatoms. The molecule has 2 aliphatic rings. The number of nitrogens with zero attached hydrogens (tertiary/aromatic N) is 1. The number of rotatable bonds is 1. The molecule has 0 bridgehead atoms. The first kappa shape index (κ1) is 11.8. The summed E-state index contributed by atoms with van der Waals surface area (Å²) in [5, 5.41) is 6.50. The van der Waals surface area contributed by atoms with Crippen LogP contribution in [0.4, 0.5) is 0 Å². The second kappa shape index (κ2) is 4.69. The van der Waals surface area contributed by atoms with Crippen molar-refractivity contribution in [2.75, 3.05) is 39.4 Å². The van der Waals surface area contributed by atoms with E-state index >= 15 is 0 Å². The van der Waals surface area contributed by atoms with Crippen LogP contribution in [0.25, 0.3) is 0 Å². The van der Waals surface area contributed by atoms with Gasteiger partial charge < -0.3 is 20.3 Å². The lowest BCUT2D eigenvalue weighted by atomic mass is 10.0. The molecule has 92 valence electrons. The first-order valence-corrected chi connectivity index (χ1v) is 5.94. The van der Waals surface area contributed by atoms with E-state index in [9.17, 15) is 4.79 Å². The topological polar surface area (TPSA) is 53.6 Å². The number of amides is 1. The van der Waals surface area contributed by atoms with Crippen LogP contribution in [0, 0.1) is 0 Å². The minimum absolute atomic E-state index is 0.0777. The molecule has 1 amide bonds. The highest BCUT2D eigenvalue weighted by atomic mass is 16.5. The van der Waals surface area contributed by atoms with Crippen molar-refractivity contribution in [3.63, 3.8) is 0 Å². The van der Waals surface area contributed by atoms with E-state index in [4.69, 9.17) is 4.74 Å². The molecule has 2 rings (SSSR count). The molecule has 1 unspecified atom stereocenters. The first-order valence-electron chi connectivity index (χ1n) is 5.94. The predicted molar refractivity (Wildman–Crippen MR) is 61.3 cm³/mol. The quantitative estimate of drug-likeness (QED) is 0.615. The van der Waals surface area contributed by atoms with Crippen molar-refractivity contribution >= 4 is 5.91 Å². The van der Waals surface area contributed by atoms with E-state index in [0.29, 0.717) is 19.8 Å². The summed E-state index contributed by atoms with van der Waals surface area (Å²) in [6, 6.07) is -0.0777. The summed E-state index contributed by atoms with van der Waals surface area (Å²) >= 11 is 0. The normalized spacial score (nSPS) is 30.1. The zero-order valence-electron chi connectivity index (χ0n) is 10.1. The van der Waals surface area contributed by atoms with Gasteiger partial charge in [0.1, 0.15) is 0 Å². The molecule has 16 heavy (non-hydrogen) atoms. The molecule has 0 spiro atoms. The third-order valence-electron chi connectivity index (χ3n) is 3.25. The fourth-order valence-electron chi connectivity index (χ4n) is 2.28. The van der Waals surface area contributed by atoms with Crippen LogP contribution >= 0.6 is 0 Å². The van der Waals surface area contributed by atoms with Crippen LogP contribution in [0.2, 0.25) is 0 Å². The molecular formula is C11H21N3O2. The second-order valence-electron chi connectivity index (χ2n) is 5.07. The maximum Gasteiger partial charge on any atom is 0.241 e. The fourth-order valence-corrected chi connectivity index (χ4v) is 2.28. The van der Waals surface area contributed by atoms with Crippen LogP contribution in [-0.4, -0.2) is 61.8 Å². The van der Waals surface area contributed by atoms with Gasteiger partial charge >= 0.3 is 0 Å². The van der Waals surface area contributed by atoms with Crippen LogP contribution in [0.15, 0.2) is 0 Å². The molecule has 0 saturated carbocycles. The number of piperazine rings is 1. The Balaban J connectivity index is 2.01. The number of ether oxygens (including phenoxy) is 1. The van der Waals surface area contributed by atoms with Gasteiger partial charge in [0.15, 0.2) is 0 Å². The number of carbonyl (C=O) groups is 1. The standard InChI is InChI=1S/C11H21N3O2/c1-11(2)8-16-6-5-14(11)10(15)9-7-12-3-4-13-9/h9,12-13H,3-8H2,1-2H3. The van der Waals surface area contributed by atoms with Crippen molar-refractivity contribution in [1.82, 2.24) is 15.5 Å². The summed E-state index contributed by atoms with van der Waals surface area (Å²) in [6.07, 6.45) is 0. The third-order valence-corrected chi connectivity index (χ3v) is 3.25. The van der Waals surface area contributed by atoms with Crippen molar-refractivity contribution < 1.29 is 9.53 Å². The Morgan fingerprint density at radius 1 is 1.44 bits per heavy atom. The molecular weight excluding hydrogens is 206 g/mol. The Labute approximate surface area is 96.5 Å². The smallest absolute Gasteiger partial charge is 0.241 e. The highest BCUT2D eigenvalue weighted by Crippen LogP contribution is 2.19. The molecule has 2 N–H and O–H groups in total. The highest BCUT2D eigenvalue weighted by Gasteiger charge is 2.37. The summed E-state index contributed by atoms with van der Waals surface area (Å²) in [5.41, 5.74) is -0.186. The average molecular weight is 227 g/mol. The van der Waals surface area contributed by atoms with E-state index in [0.717, 1.165) is 19.6 Å². The largest absolute Gasteiger partial charge is 0.377 e. The molecule has 0 aliphatic carbocycles. The summed E-state index contributed by atoms with van der Waals surface area (Å²) in [5.74, 6) is 0.195. The van der Waals surface area contributed by atoms with Crippen molar-refractivity contribution in [3.05, 3.63) is 0 Å². The molecule has 1 atom stereocenters. The van der Waals surface area contributed by atoms with Crippen molar-refractivity contribution in [2.45, 2.75) is 25.4 Å². The lowest BCUT2D eigenvalue weighted by Crippen LogP contribution is -2.63. The maximum absolute atomic E-state index is 12.3. The summed E-state index contributed by atoms with van der Waals surface area (Å²) < 4.78 is 5.42. The SMILES string of the molecule is CC1(C)COCCN1C(=O)C1CNCCN1. The van der Waals surface area contributed by atoms with Gasteiger partial charge in [-0.25, -0.2) is 0 Å². The van der Waals surface area contributed by atoms with Crippen LogP contribution in [0.1, 0.15) is 13.8 Å². The van der Waals surface area contributed by atoms with Crippen molar-refractivity contribution in [3.8, 4) is 0 Å². The molecule has 0 aromatic heterocycles. The summed E-state index contributed by atoms with van der Waals surface area (Å²) in [4.78, 5) is 14.3. The Morgan fingerprint density at radius 2 is 2.25 bits per heavy atom. The molecule has 2 aliphatic heterocycles. The van der Waals surface area contributed by atoms with Gasteiger partial charge in [0, 0.05) is 26.2 Å². The van der Waals surface area contributed by atoms with E-state index in [-0.39, 0.29) is 17.5 Å². The van der Waals surface area contributed by atoms with E-state index in [1.807, 2.05) is 4.90 Å². The van der Waals surface area contributed by atoms with Crippen LogP contribution < -0.4 is 10.6 Å². The van der Waals surface area contributed by atoms with Gasteiger partial charge in [0.05, 0.1) is 24.8 Å². The van der Waals surface area contributed by atoms with Crippen LogP contribution in [0.5, 0.6) is 0 Å². The number of hydrogen-bond acceptors (Lipinski definition) is 4. The summed E-state index contributed by atoms with van der Waals surface area (Å²) in [6.45, 7) is 8.61. The summed E-state index contributed by atoms with van der Waals surface area (Å²) in [7, 11) is 0. The van der Waals surface area contributed by atoms with Gasteiger partial charge in [0.25, 0.3) is 0 Å². The minimum Gasteiger partial charge on any atom is -0.377 e. The Hall–Kier alpha value is -0.650. The molecule has 5 nitrogen and oxygen atoms in total. The third kappa shape index (κ3) is 2.36. The van der Waals surface area contributed by atoms with Crippen molar-refractivity contribution in [2.24, 2.45) is 0 Å². The van der Waals surface area contributed by atoms with Crippen LogP contribution in [-0.2, 0) is 9.53 Å². The monoisotopic (exact) mass is 227 g/mol. The number of hydrogen-bond donors (Lipinski definition) is 2. The molecule has 0 aromatic carbocycles. The Bertz CT molecular complexity index is 262. The predicted octanol–water partition coefficient (Wildman–Crippen LogP) is -0.815. The molecule has 0 radical (unpaired) electrons. The van der Waals surface area contributed by atoms with Gasteiger partial charge in [0.2, 0.25) is 5.91 Å². The molecule has 2 saturated heterocycles. The van der Waals surface area contributed by atoms with Gasteiger partial charge in [-0.3, -0.25) is 4.79 Å². The maximum atomic E-state index is 12.3. The fraction of sp³-hybridized carbons (Fsp3) is 0.909. The van der Waals surface area contributed by atoms with Gasteiger partial charge in [-0.1, -0.05) is 0 Å². The molecule has 2 heterocycles. The van der Waals surface area contributed by atoms with E-state index < -0.39 is 0 Å². The van der Waals surface area contributed by atoms with Gasteiger partial charge in [-0.15, -0.1) is 0 Å². The zero-order chi connectivity index (χ0) is 11.6. The average Bonchev–Trinajstić information content (AvgIpc) is 2.29. The van der Waals surface area contributed by atoms with E-state index in [1.165, 1.54) is 0 Å². The molecule has 2 fully saturated rings. The van der Waals surface area contributed by atoms with E-state index in [1.54, 1.807) is 0 Å². The molecule has 0 aromatic rings. The number of morpholine rings is 1. The van der Waals surface area contributed by atoms with E-state index in [2.05, 4.69) is 24.5 Å². The Morgan fingerprint density at radius 3 is 2.88 bits per heavy atom.